The van der Waals surface area contributed by atoms with Gasteiger partial charge in [0.2, 0.25) is 0 Å². The SMILES string of the molecule is O=C(NCCC1=CCCCC1)c1ccc(C(=O)NCC2CCCO2)cc1. The van der Waals surface area contributed by atoms with Gasteiger partial charge in [0.15, 0.2) is 0 Å². The fourth-order valence-corrected chi connectivity index (χ4v) is 3.46. The summed E-state index contributed by atoms with van der Waals surface area (Å²) in [6.07, 6.45) is 10.3. The van der Waals surface area contributed by atoms with Crippen LogP contribution >= 0.6 is 0 Å². The standard InChI is InChI=1S/C21H28N2O3/c24-20(22-13-12-16-5-2-1-3-6-16)17-8-10-18(11-9-17)21(25)23-15-19-7-4-14-26-19/h5,8-11,19H,1-4,6-7,12-15H2,(H,22,24)(H,23,25). The number of carbonyl (C=O) groups excluding carboxylic acids is 2. The maximum atomic E-state index is 12.2. The van der Waals surface area contributed by atoms with Crippen LogP contribution < -0.4 is 10.6 Å². The summed E-state index contributed by atoms with van der Waals surface area (Å²) in [4.78, 5) is 24.4. The molecule has 1 unspecified atom stereocenters. The van der Waals surface area contributed by atoms with Gasteiger partial charge in [-0.15, -0.1) is 0 Å². The van der Waals surface area contributed by atoms with Gasteiger partial charge in [-0.05, 0) is 69.2 Å². The molecular weight excluding hydrogens is 328 g/mol. The van der Waals surface area contributed by atoms with Gasteiger partial charge in [0, 0.05) is 30.8 Å². The number of hydrogen-bond donors (Lipinski definition) is 2. The summed E-state index contributed by atoms with van der Waals surface area (Å²) in [7, 11) is 0. The van der Waals surface area contributed by atoms with Crippen molar-refractivity contribution in [3.63, 3.8) is 0 Å². The van der Waals surface area contributed by atoms with E-state index in [0.717, 1.165) is 32.3 Å². The normalized spacial score (nSPS) is 19.7. The zero-order chi connectivity index (χ0) is 18.2. The van der Waals surface area contributed by atoms with Crippen molar-refractivity contribution in [2.45, 2.75) is 51.0 Å². The fourth-order valence-electron chi connectivity index (χ4n) is 3.46. The maximum Gasteiger partial charge on any atom is 0.251 e. The Morgan fingerprint density at radius 3 is 2.35 bits per heavy atom. The van der Waals surface area contributed by atoms with Crippen molar-refractivity contribution in [3.05, 3.63) is 47.0 Å². The van der Waals surface area contributed by atoms with Gasteiger partial charge in [0.05, 0.1) is 6.10 Å². The Bertz CT molecular complexity index is 646. The molecule has 1 aromatic rings. The lowest BCUT2D eigenvalue weighted by Crippen LogP contribution is -2.31. The lowest BCUT2D eigenvalue weighted by atomic mass is 9.97. The van der Waals surface area contributed by atoms with E-state index in [4.69, 9.17) is 4.74 Å². The van der Waals surface area contributed by atoms with E-state index >= 15 is 0 Å². The zero-order valence-electron chi connectivity index (χ0n) is 15.3. The monoisotopic (exact) mass is 356 g/mol. The Morgan fingerprint density at radius 2 is 1.73 bits per heavy atom. The van der Waals surface area contributed by atoms with E-state index in [1.54, 1.807) is 24.3 Å². The van der Waals surface area contributed by atoms with Gasteiger partial charge < -0.3 is 15.4 Å². The third kappa shape index (κ3) is 5.43. The predicted octanol–water partition coefficient (Wildman–Crippen LogP) is 3.22. The highest BCUT2D eigenvalue weighted by Crippen LogP contribution is 2.19. The number of carbonyl (C=O) groups is 2. The molecule has 0 radical (unpaired) electrons. The molecule has 1 fully saturated rings. The Labute approximate surface area is 155 Å². The summed E-state index contributed by atoms with van der Waals surface area (Å²) in [5.41, 5.74) is 2.60. The first-order valence-electron chi connectivity index (χ1n) is 9.68. The Kier molecular flexibility index (Phi) is 6.83. The molecule has 0 saturated carbocycles. The topological polar surface area (TPSA) is 67.4 Å². The van der Waals surface area contributed by atoms with Gasteiger partial charge in [-0.3, -0.25) is 9.59 Å². The molecule has 0 bridgehead atoms. The lowest BCUT2D eigenvalue weighted by Gasteiger charge is -2.13. The van der Waals surface area contributed by atoms with Crippen molar-refractivity contribution in [2.24, 2.45) is 0 Å². The van der Waals surface area contributed by atoms with Crippen molar-refractivity contribution in [1.82, 2.24) is 10.6 Å². The van der Waals surface area contributed by atoms with Crippen LogP contribution in [0.2, 0.25) is 0 Å². The molecule has 0 spiro atoms. The second-order valence-electron chi connectivity index (χ2n) is 7.04. The van der Waals surface area contributed by atoms with Crippen LogP contribution in [0.5, 0.6) is 0 Å². The van der Waals surface area contributed by atoms with Crippen molar-refractivity contribution < 1.29 is 14.3 Å². The quantitative estimate of drug-likeness (QED) is 0.737. The summed E-state index contributed by atoms with van der Waals surface area (Å²) in [6.45, 7) is 1.98. The number of ether oxygens (including phenoxy) is 1. The van der Waals surface area contributed by atoms with E-state index in [9.17, 15) is 9.59 Å². The summed E-state index contributed by atoms with van der Waals surface area (Å²) in [6, 6.07) is 6.80. The molecule has 26 heavy (non-hydrogen) atoms. The number of amides is 2. The van der Waals surface area contributed by atoms with E-state index in [2.05, 4.69) is 16.7 Å². The van der Waals surface area contributed by atoms with Crippen LogP contribution in [0.4, 0.5) is 0 Å². The van der Waals surface area contributed by atoms with Crippen molar-refractivity contribution in [1.29, 1.82) is 0 Å². The van der Waals surface area contributed by atoms with Gasteiger partial charge in [-0.1, -0.05) is 11.6 Å². The zero-order valence-corrected chi connectivity index (χ0v) is 15.3. The van der Waals surface area contributed by atoms with Gasteiger partial charge in [-0.25, -0.2) is 0 Å². The number of allylic oxidation sites excluding steroid dienone is 1. The molecule has 2 aliphatic rings. The Hall–Kier alpha value is -2.14. The molecule has 1 aliphatic heterocycles. The van der Waals surface area contributed by atoms with Crippen LogP contribution in [0.3, 0.4) is 0 Å². The molecule has 1 saturated heterocycles. The van der Waals surface area contributed by atoms with Gasteiger partial charge in [-0.2, -0.15) is 0 Å². The molecule has 140 valence electrons. The summed E-state index contributed by atoms with van der Waals surface area (Å²) >= 11 is 0. The molecule has 1 aliphatic carbocycles. The molecule has 1 aromatic carbocycles. The minimum Gasteiger partial charge on any atom is -0.376 e. The molecule has 2 amide bonds. The van der Waals surface area contributed by atoms with Crippen molar-refractivity contribution >= 4 is 11.8 Å². The number of hydrogen-bond acceptors (Lipinski definition) is 3. The first-order chi connectivity index (χ1) is 12.7. The minimum atomic E-state index is -0.128. The predicted molar refractivity (Wildman–Crippen MR) is 101 cm³/mol. The second kappa shape index (κ2) is 9.53. The summed E-state index contributed by atoms with van der Waals surface area (Å²) in [5.74, 6) is -0.218. The largest absolute Gasteiger partial charge is 0.376 e. The van der Waals surface area contributed by atoms with Crippen LogP contribution in [0.15, 0.2) is 35.9 Å². The third-order valence-electron chi connectivity index (χ3n) is 5.04. The van der Waals surface area contributed by atoms with Crippen molar-refractivity contribution in [3.8, 4) is 0 Å². The minimum absolute atomic E-state index is 0.0901. The molecule has 5 nitrogen and oxygen atoms in total. The average Bonchev–Trinajstić information content (AvgIpc) is 3.20. The highest BCUT2D eigenvalue weighted by molar-refractivity contribution is 5.97. The van der Waals surface area contributed by atoms with Gasteiger partial charge >= 0.3 is 0 Å². The number of rotatable bonds is 7. The number of benzene rings is 1. The highest BCUT2D eigenvalue weighted by atomic mass is 16.5. The lowest BCUT2D eigenvalue weighted by molar-refractivity contribution is 0.0857. The average molecular weight is 356 g/mol. The maximum absolute atomic E-state index is 12.2. The van der Waals surface area contributed by atoms with Crippen LogP contribution in [0.25, 0.3) is 0 Å². The molecule has 5 heteroatoms. The smallest absolute Gasteiger partial charge is 0.251 e. The van der Waals surface area contributed by atoms with Crippen LogP contribution in [-0.2, 0) is 4.74 Å². The van der Waals surface area contributed by atoms with E-state index in [1.165, 1.54) is 24.8 Å². The fraction of sp³-hybridized carbons (Fsp3) is 0.524. The van der Waals surface area contributed by atoms with Gasteiger partial charge in [0.1, 0.15) is 0 Å². The first kappa shape index (κ1) is 18.6. The Morgan fingerprint density at radius 1 is 1.00 bits per heavy atom. The Balaban J connectivity index is 1.42. The molecule has 2 N–H and O–H groups in total. The van der Waals surface area contributed by atoms with E-state index in [1.807, 2.05) is 0 Å². The highest BCUT2D eigenvalue weighted by Gasteiger charge is 2.17. The van der Waals surface area contributed by atoms with Gasteiger partial charge in [0.25, 0.3) is 11.8 Å². The molecule has 1 atom stereocenters. The number of nitrogens with one attached hydrogen (secondary N) is 2. The summed E-state index contributed by atoms with van der Waals surface area (Å²) < 4.78 is 5.50. The van der Waals surface area contributed by atoms with Crippen LogP contribution in [0, 0.1) is 0 Å². The van der Waals surface area contributed by atoms with E-state index < -0.39 is 0 Å². The molecule has 1 heterocycles. The summed E-state index contributed by atoms with van der Waals surface area (Å²) in [5, 5.41) is 5.85. The molecule has 0 aromatic heterocycles. The molecule has 3 rings (SSSR count). The van der Waals surface area contributed by atoms with Crippen LogP contribution in [-0.4, -0.2) is 37.6 Å². The van der Waals surface area contributed by atoms with E-state index in [0.29, 0.717) is 24.2 Å². The molecular formula is C21H28N2O3. The first-order valence-corrected chi connectivity index (χ1v) is 9.68. The van der Waals surface area contributed by atoms with E-state index in [-0.39, 0.29) is 17.9 Å². The van der Waals surface area contributed by atoms with Crippen molar-refractivity contribution in [2.75, 3.05) is 19.7 Å². The second-order valence-corrected chi connectivity index (χ2v) is 7.04. The van der Waals surface area contributed by atoms with Crippen LogP contribution in [0.1, 0.15) is 65.7 Å². The third-order valence-corrected chi connectivity index (χ3v) is 5.04.